The number of hydrogen-bond donors (Lipinski definition) is 3. The number of carbonyl (C=O) groups excluding carboxylic acids is 1. The summed E-state index contributed by atoms with van der Waals surface area (Å²) >= 11 is 5.13. The number of benzene rings is 2. The van der Waals surface area contributed by atoms with Crippen molar-refractivity contribution in [2.24, 2.45) is 0 Å². The molecule has 0 spiro atoms. The van der Waals surface area contributed by atoms with Gasteiger partial charge in [0.2, 0.25) is 0 Å². The Labute approximate surface area is 153 Å². The first kappa shape index (κ1) is 18.7. The molecule has 0 atom stereocenters. The summed E-state index contributed by atoms with van der Waals surface area (Å²) in [7, 11) is 0. The maximum Gasteiger partial charge on any atom is 0.276 e. The number of aryl methyl sites for hydroxylation is 2. The SMILES string of the molecule is CCCc1ccc(OCC(=O)NNC(=S)Nc2ccc(C)cc2)cc1. The lowest BCUT2D eigenvalue weighted by Crippen LogP contribution is -2.45. The fourth-order valence-electron chi connectivity index (χ4n) is 2.15. The van der Waals surface area contributed by atoms with Crippen molar-refractivity contribution in [1.29, 1.82) is 0 Å². The normalized spacial score (nSPS) is 10.0. The summed E-state index contributed by atoms with van der Waals surface area (Å²) in [4.78, 5) is 11.8. The number of thiocarbonyl (C=S) groups is 1. The number of rotatable bonds is 6. The Kier molecular flexibility index (Phi) is 7.22. The first-order chi connectivity index (χ1) is 12.1. The molecule has 0 aliphatic carbocycles. The molecular formula is C19H23N3O2S. The zero-order chi connectivity index (χ0) is 18.1. The monoisotopic (exact) mass is 357 g/mol. The number of hydrazine groups is 1. The highest BCUT2D eigenvalue weighted by Gasteiger charge is 2.04. The van der Waals surface area contributed by atoms with Crippen molar-refractivity contribution in [3.63, 3.8) is 0 Å². The summed E-state index contributed by atoms with van der Waals surface area (Å²) in [6.07, 6.45) is 2.14. The van der Waals surface area contributed by atoms with E-state index in [4.69, 9.17) is 17.0 Å². The molecule has 2 rings (SSSR count). The average molecular weight is 357 g/mol. The summed E-state index contributed by atoms with van der Waals surface area (Å²) in [6.45, 7) is 4.06. The summed E-state index contributed by atoms with van der Waals surface area (Å²) < 4.78 is 5.45. The van der Waals surface area contributed by atoms with E-state index in [9.17, 15) is 4.79 Å². The molecule has 3 N–H and O–H groups in total. The van der Waals surface area contributed by atoms with Crippen LogP contribution in [0.2, 0.25) is 0 Å². The number of amides is 1. The highest BCUT2D eigenvalue weighted by atomic mass is 32.1. The first-order valence-electron chi connectivity index (χ1n) is 8.21. The molecule has 0 aliphatic rings. The Balaban J connectivity index is 1.69. The van der Waals surface area contributed by atoms with Gasteiger partial charge in [0, 0.05) is 5.69 Å². The lowest BCUT2D eigenvalue weighted by Gasteiger charge is -2.12. The van der Waals surface area contributed by atoms with Gasteiger partial charge < -0.3 is 10.1 Å². The second kappa shape index (κ2) is 9.64. The van der Waals surface area contributed by atoms with Crippen LogP contribution in [0.15, 0.2) is 48.5 Å². The van der Waals surface area contributed by atoms with E-state index in [0.717, 1.165) is 24.1 Å². The molecule has 0 aromatic heterocycles. The van der Waals surface area contributed by atoms with E-state index in [1.807, 2.05) is 55.5 Å². The second-order valence-corrected chi connectivity index (χ2v) is 6.08. The van der Waals surface area contributed by atoms with Gasteiger partial charge in [-0.05, 0) is 55.4 Å². The van der Waals surface area contributed by atoms with Crippen molar-refractivity contribution < 1.29 is 9.53 Å². The predicted octanol–water partition coefficient (Wildman–Crippen LogP) is 3.34. The highest BCUT2D eigenvalue weighted by molar-refractivity contribution is 7.80. The van der Waals surface area contributed by atoms with E-state index in [0.29, 0.717) is 10.9 Å². The van der Waals surface area contributed by atoms with Gasteiger partial charge in [-0.1, -0.05) is 43.2 Å². The third kappa shape index (κ3) is 6.81. The Bertz CT molecular complexity index is 700. The standard InChI is InChI=1S/C19H23N3O2S/c1-3-4-15-7-11-17(12-8-15)24-13-18(23)21-22-19(25)20-16-9-5-14(2)6-10-16/h5-12H,3-4,13H2,1-2H3,(H,21,23)(H2,20,22,25). The van der Waals surface area contributed by atoms with Crippen LogP contribution in [0.5, 0.6) is 5.75 Å². The van der Waals surface area contributed by atoms with Crippen molar-refractivity contribution in [2.45, 2.75) is 26.7 Å². The van der Waals surface area contributed by atoms with Gasteiger partial charge in [0.05, 0.1) is 0 Å². The lowest BCUT2D eigenvalue weighted by atomic mass is 10.1. The number of carbonyl (C=O) groups is 1. The van der Waals surface area contributed by atoms with E-state index in [1.165, 1.54) is 5.56 Å². The lowest BCUT2D eigenvalue weighted by molar-refractivity contribution is -0.123. The Hall–Kier alpha value is -2.60. The fourth-order valence-corrected chi connectivity index (χ4v) is 2.32. The quantitative estimate of drug-likeness (QED) is 0.547. The predicted molar refractivity (Wildman–Crippen MR) is 105 cm³/mol. The summed E-state index contributed by atoms with van der Waals surface area (Å²) in [6, 6.07) is 15.5. The van der Waals surface area contributed by atoms with Crippen molar-refractivity contribution in [1.82, 2.24) is 10.9 Å². The second-order valence-electron chi connectivity index (χ2n) is 5.68. The van der Waals surface area contributed by atoms with Crippen LogP contribution >= 0.6 is 12.2 Å². The molecule has 0 saturated carbocycles. The zero-order valence-electron chi connectivity index (χ0n) is 14.5. The molecule has 0 heterocycles. The van der Waals surface area contributed by atoms with Gasteiger partial charge in [0.25, 0.3) is 5.91 Å². The fraction of sp³-hybridized carbons (Fsp3) is 0.263. The molecule has 0 radical (unpaired) electrons. The number of ether oxygens (including phenoxy) is 1. The molecule has 0 aliphatic heterocycles. The van der Waals surface area contributed by atoms with Crippen LogP contribution < -0.4 is 20.9 Å². The van der Waals surface area contributed by atoms with Gasteiger partial charge in [0.15, 0.2) is 11.7 Å². The molecule has 132 valence electrons. The molecule has 25 heavy (non-hydrogen) atoms. The third-order valence-corrected chi connectivity index (χ3v) is 3.66. The maximum atomic E-state index is 11.8. The molecule has 0 unspecified atom stereocenters. The van der Waals surface area contributed by atoms with Crippen LogP contribution in [-0.2, 0) is 11.2 Å². The van der Waals surface area contributed by atoms with Crippen molar-refractivity contribution in [3.8, 4) is 5.75 Å². The Morgan fingerprint density at radius 3 is 2.36 bits per heavy atom. The Morgan fingerprint density at radius 1 is 1.04 bits per heavy atom. The van der Waals surface area contributed by atoms with Crippen LogP contribution in [0, 0.1) is 6.92 Å². The summed E-state index contributed by atoms with van der Waals surface area (Å²) in [5.41, 5.74) is 8.42. The van der Waals surface area contributed by atoms with Crippen LogP contribution in [-0.4, -0.2) is 17.6 Å². The molecule has 1 amide bonds. The largest absolute Gasteiger partial charge is 0.484 e. The molecule has 2 aromatic carbocycles. The minimum atomic E-state index is -0.314. The minimum Gasteiger partial charge on any atom is -0.484 e. The molecular weight excluding hydrogens is 334 g/mol. The van der Waals surface area contributed by atoms with Crippen molar-refractivity contribution in [2.75, 3.05) is 11.9 Å². The average Bonchev–Trinajstić information content (AvgIpc) is 2.61. The number of nitrogens with one attached hydrogen (secondary N) is 3. The van der Waals surface area contributed by atoms with Gasteiger partial charge in [0.1, 0.15) is 5.75 Å². The number of hydrogen-bond acceptors (Lipinski definition) is 3. The van der Waals surface area contributed by atoms with E-state index in [2.05, 4.69) is 23.1 Å². The van der Waals surface area contributed by atoms with Crippen LogP contribution in [0.1, 0.15) is 24.5 Å². The molecule has 5 nitrogen and oxygen atoms in total. The molecule has 6 heteroatoms. The van der Waals surface area contributed by atoms with Gasteiger partial charge in [-0.3, -0.25) is 15.6 Å². The van der Waals surface area contributed by atoms with Crippen molar-refractivity contribution >= 4 is 28.9 Å². The van der Waals surface area contributed by atoms with E-state index >= 15 is 0 Å². The molecule has 0 fully saturated rings. The van der Waals surface area contributed by atoms with Crippen LogP contribution in [0.4, 0.5) is 5.69 Å². The van der Waals surface area contributed by atoms with Crippen molar-refractivity contribution in [3.05, 3.63) is 59.7 Å². The maximum absolute atomic E-state index is 11.8. The van der Waals surface area contributed by atoms with Crippen LogP contribution in [0.3, 0.4) is 0 Å². The Morgan fingerprint density at radius 2 is 1.72 bits per heavy atom. The van der Waals surface area contributed by atoms with E-state index in [1.54, 1.807) is 0 Å². The zero-order valence-corrected chi connectivity index (χ0v) is 15.3. The van der Waals surface area contributed by atoms with Gasteiger partial charge in [-0.25, -0.2) is 0 Å². The van der Waals surface area contributed by atoms with Crippen LogP contribution in [0.25, 0.3) is 0 Å². The molecule has 2 aromatic rings. The van der Waals surface area contributed by atoms with E-state index < -0.39 is 0 Å². The number of anilines is 1. The molecule has 0 bridgehead atoms. The first-order valence-corrected chi connectivity index (χ1v) is 8.62. The third-order valence-electron chi connectivity index (χ3n) is 3.46. The summed E-state index contributed by atoms with van der Waals surface area (Å²) in [5, 5.41) is 3.29. The minimum absolute atomic E-state index is 0.0900. The topological polar surface area (TPSA) is 62.4 Å². The van der Waals surface area contributed by atoms with Gasteiger partial charge in [-0.2, -0.15) is 0 Å². The van der Waals surface area contributed by atoms with Gasteiger partial charge >= 0.3 is 0 Å². The molecule has 0 saturated heterocycles. The van der Waals surface area contributed by atoms with E-state index in [-0.39, 0.29) is 12.5 Å². The van der Waals surface area contributed by atoms with Gasteiger partial charge in [-0.15, -0.1) is 0 Å². The highest BCUT2D eigenvalue weighted by Crippen LogP contribution is 2.13. The summed E-state index contributed by atoms with van der Waals surface area (Å²) in [5.74, 6) is 0.348. The smallest absolute Gasteiger partial charge is 0.276 e.